The molecule has 8 heteroatoms. The minimum Gasteiger partial charge on any atom is -0.497 e. The predicted molar refractivity (Wildman–Crippen MR) is 129 cm³/mol. The van der Waals surface area contributed by atoms with Crippen molar-refractivity contribution in [1.29, 1.82) is 0 Å². The van der Waals surface area contributed by atoms with Gasteiger partial charge in [0.05, 0.1) is 23.9 Å². The Bertz CT molecular complexity index is 1410. The highest BCUT2D eigenvalue weighted by molar-refractivity contribution is 7.98. The van der Waals surface area contributed by atoms with Crippen LogP contribution in [0.15, 0.2) is 81.4 Å². The van der Waals surface area contributed by atoms with E-state index in [1.807, 2.05) is 66.0 Å². The van der Waals surface area contributed by atoms with Gasteiger partial charge in [-0.1, -0.05) is 42.1 Å². The van der Waals surface area contributed by atoms with Gasteiger partial charge < -0.3 is 4.74 Å². The molecule has 5 rings (SSSR count). The van der Waals surface area contributed by atoms with Gasteiger partial charge in [-0.25, -0.2) is 9.97 Å². The van der Waals surface area contributed by atoms with Crippen LogP contribution in [0.5, 0.6) is 5.75 Å². The molecule has 2 aromatic carbocycles. The van der Waals surface area contributed by atoms with Crippen molar-refractivity contribution in [1.82, 2.24) is 14.5 Å². The normalized spacial score (nSPS) is 11.1. The predicted octanol–water partition coefficient (Wildman–Crippen LogP) is 5.87. The fourth-order valence-corrected chi connectivity index (χ4v) is 5.83. The topological polar surface area (TPSA) is 57.0 Å². The number of benzene rings is 2. The first-order valence-corrected chi connectivity index (χ1v) is 12.2. The van der Waals surface area contributed by atoms with Gasteiger partial charge >= 0.3 is 0 Å². The zero-order chi connectivity index (χ0) is 21.2. The monoisotopic (exact) mass is 463 g/mol. The van der Waals surface area contributed by atoms with Crippen molar-refractivity contribution in [3.8, 4) is 22.0 Å². The van der Waals surface area contributed by atoms with Crippen LogP contribution in [0.1, 0.15) is 5.69 Å². The number of hydrogen-bond donors (Lipinski definition) is 0. The number of hydrogen-bond acceptors (Lipinski definition) is 7. The molecule has 154 valence electrons. The van der Waals surface area contributed by atoms with E-state index in [1.165, 1.54) is 23.1 Å². The lowest BCUT2D eigenvalue weighted by Crippen LogP contribution is -2.21. The van der Waals surface area contributed by atoms with Gasteiger partial charge in [0.1, 0.15) is 15.6 Å². The van der Waals surface area contributed by atoms with Crippen molar-refractivity contribution in [2.24, 2.45) is 0 Å². The third-order valence-corrected chi connectivity index (χ3v) is 7.42. The third-order valence-electron chi connectivity index (χ3n) is 4.70. The third kappa shape index (κ3) is 4.01. The molecule has 5 aromatic rings. The largest absolute Gasteiger partial charge is 0.497 e. The number of thiophene rings is 1. The number of rotatable bonds is 6. The van der Waals surface area contributed by atoms with E-state index < -0.39 is 0 Å². The standard InChI is InChI=1S/C23H17N3O2S3/c1-28-18-9-5-6-15(12-18)20-24-16(13-30-20)14-31-23-25-21-19(10-11-29-21)22(27)26(23)17-7-3-2-4-8-17/h2-13H,14H2,1H3. The van der Waals surface area contributed by atoms with Crippen molar-refractivity contribution >= 4 is 44.7 Å². The molecule has 5 nitrogen and oxygen atoms in total. The van der Waals surface area contributed by atoms with E-state index in [4.69, 9.17) is 14.7 Å². The Morgan fingerprint density at radius 1 is 1.03 bits per heavy atom. The van der Waals surface area contributed by atoms with Crippen LogP contribution in [0.3, 0.4) is 0 Å². The summed E-state index contributed by atoms with van der Waals surface area (Å²) in [6.45, 7) is 0. The summed E-state index contributed by atoms with van der Waals surface area (Å²) in [7, 11) is 1.66. The van der Waals surface area contributed by atoms with E-state index in [9.17, 15) is 4.79 Å². The number of para-hydroxylation sites is 1. The van der Waals surface area contributed by atoms with E-state index in [-0.39, 0.29) is 5.56 Å². The Hall–Kier alpha value is -2.94. The van der Waals surface area contributed by atoms with Crippen LogP contribution >= 0.6 is 34.4 Å². The van der Waals surface area contributed by atoms with E-state index in [2.05, 4.69) is 5.38 Å². The quantitative estimate of drug-likeness (QED) is 0.233. The van der Waals surface area contributed by atoms with Crippen LogP contribution in [0.2, 0.25) is 0 Å². The fourth-order valence-electron chi connectivity index (χ4n) is 3.20. The van der Waals surface area contributed by atoms with Gasteiger partial charge in [-0.2, -0.15) is 0 Å². The molecular weight excluding hydrogens is 446 g/mol. The smallest absolute Gasteiger partial charge is 0.267 e. The molecular formula is C23H17N3O2S3. The van der Waals surface area contributed by atoms with Crippen LogP contribution < -0.4 is 10.3 Å². The molecule has 0 spiro atoms. The number of aromatic nitrogens is 3. The summed E-state index contributed by atoms with van der Waals surface area (Å²) in [5.74, 6) is 1.43. The first-order valence-electron chi connectivity index (χ1n) is 9.50. The Balaban J connectivity index is 1.46. The molecule has 0 aliphatic rings. The number of ether oxygens (including phenoxy) is 1. The lowest BCUT2D eigenvalue weighted by molar-refractivity contribution is 0.415. The van der Waals surface area contributed by atoms with Crippen LogP contribution in [-0.4, -0.2) is 21.6 Å². The minimum absolute atomic E-state index is 0.0460. The zero-order valence-corrected chi connectivity index (χ0v) is 19.0. The molecule has 0 fully saturated rings. The highest BCUT2D eigenvalue weighted by Gasteiger charge is 2.15. The molecule has 0 amide bonds. The summed E-state index contributed by atoms with van der Waals surface area (Å²) in [5, 5.41) is 6.21. The molecule has 0 bridgehead atoms. The van der Waals surface area contributed by atoms with Crippen molar-refractivity contribution in [2.45, 2.75) is 10.9 Å². The van der Waals surface area contributed by atoms with Gasteiger partial charge in [0, 0.05) is 16.7 Å². The molecule has 3 aromatic heterocycles. The first kappa shape index (κ1) is 20.0. The van der Waals surface area contributed by atoms with E-state index in [0.717, 1.165) is 32.5 Å². The van der Waals surface area contributed by atoms with Crippen LogP contribution in [0.25, 0.3) is 26.5 Å². The molecule has 0 unspecified atom stereocenters. The molecule has 0 N–H and O–H groups in total. The van der Waals surface area contributed by atoms with Gasteiger partial charge in [-0.15, -0.1) is 22.7 Å². The van der Waals surface area contributed by atoms with Crippen LogP contribution in [-0.2, 0) is 5.75 Å². The number of thioether (sulfide) groups is 1. The summed E-state index contributed by atoms with van der Waals surface area (Å²) in [6.07, 6.45) is 0. The van der Waals surface area contributed by atoms with Gasteiger partial charge in [0.2, 0.25) is 0 Å². The van der Waals surface area contributed by atoms with Gasteiger partial charge in [-0.05, 0) is 35.7 Å². The maximum Gasteiger partial charge on any atom is 0.267 e. The molecule has 0 atom stereocenters. The Labute approximate surface area is 191 Å². The lowest BCUT2D eigenvalue weighted by atomic mass is 10.2. The molecule has 3 heterocycles. The van der Waals surface area contributed by atoms with Gasteiger partial charge in [0.15, 0.2) is 5.16 Å². The van der Waals surface area contributed by atoms with Gasteiger partial charge in [-0.3, -0.25) is 9.36 Å². The first-order chi connectivity index (χ1) is 15.2. The summed E-state index contributed by atoms with van der Waals surface area (Å²) < 4.78 is 7.01. The second-order valence-corrected chi connectivity index (χ2v) is 9.37. The molecule has 31 heavy (non-hydrogen) atoms. The van der Waals surface area contributed by atoms with Gasteiger partial charge in [0.25, 0.3) is 5.56 Å². The second-order valence-electron chi connectivity index (χ2n) is 6.67. The van der Waals surface area contributed by atoms with E-state index in [1.54, 1.807) is 23.0 Å². The highest BCUT2D eigenvalue weighted by atomic mass is 32.2. The Morgan fingerprint density at radius 3 is 2.74 bits per heavy atom. The summed E-state index contributed by atoms with van der Waals surface area (Å²) in [6, 6.07) is 19.4. The average Bonchev–Trinajstić information content (AvgIpc) is 3.48. The van der Waals surface area contributed by atoms with Crippen molar-refractivity contribution in [2.75, 3.05) is 7.11 Å². The number of fused-ring (bicyclic) bond motifs is 1. The average molecular weight is 464 g/mol. The van der Waals surface area contributed by atoms with E-state index >= 15 is 0 Å². The highest BCUT2D eigenvalue weighted by Crippen LogP contribution is 2.30. The lowest BCUT2D eigenvalue weighted by Gasteiger charge is -2.11. The molecule has 0 radical (unpaired) electrons. The minimum atomic E-state index is -0.0460. The molecule has 0 saturated carbocycles. The molecule has 0 saturated heterocycles. The summed E-state index contributed by atoms with van der Waals surface area (Å²) in [4.78, 5) is 23.5. The maximum absolute atomic E-state index is 13.2. The van der Waals surface area contributed by atoms with Crippen LogP contribution in [0.4, 0.5) is 0 Å². The zero-order valence-electron chi connectivity index (χ0n) is 16.5. The maximum atomic E-state index is 13.2. The fraction of sp³-hybridized carbons (Fsp3) is 0.0870. The Kier molecular flexibility index (Phi) is 5.59. The summed E-state index contributed by atoms with van der Waals surface area (Å²) in [5.41, 5.74) is 2.74. The SMILES string of the molecule is COc1cccc(-c2nc(CSc3nc4sccc4c(=O)n3-c3ccccc3)cs2)c1. The second kappa shape index (κ2) is 8.66. The molecule has 0 aliphatic carbocycles. The number of methoxy groups -OCH3 is 1. The van der Waals surface area contributed by atoms with Crippen molar-refractivity contribution in [3.63, 3.8) is 0 Å². The number of thiazole rings is 1. The van der Waals surface area contributed by atoms with Crippen molar-refractivity contribution < 1.29 is 4.74 Å². The molecule has 0 aliphatic heterocycles. The Morgan fingerprint density at radius 2 is 1.90 bits per heavy atom. The van der Waals surface area contributed by atoms with Crippen molar-refractivity contribution in [3.05, 3.63) is 87.5 Å². The summed E-state index contributed by atoms with van der Waals surface area (Å²) >= 11 is 4.60. The van der Waals surface area contributed by atoms with E-state index in [0.29, 0.717) is 16.3 Å². The number of nitrogens with zero attached hydrogens (tertiary/aromatic N) is 3. The van der Waals surface area contributed by atoms with Crippen LogP contribution in [0, 0.1) is 0 Å².